The van der Waals surface area contributed by atoms with E-state index in [4.69, 9.17) is 0 Å². The van der Waals surface area contributed by atoms with Crippen LogP contribution in [0.3, 0.4) is 0 Å². The number of nitro groups is 1. The van der Waals surface area contributed by atoms with Crippen molar-refractivity contribution in [2.45, 2.75) is 6.04 Å². The van der Waals surface area contributed by atoms with E-state index in [1.54, 1.807) is 12.1 Å². The van der Waals surface area contributed by atoms with Crippen molar-refractivity contribution in [1.29, 1.82) is 0 Å². The number of benzene rings is 3. The highest BCUT2D eigenvalue weighted by atomic mass is 79.9. The van der Waals surface area contributed by atoms with Gasteiger partial charge in [-0.25, -0.2) is 4.98 Å². The van der Waals surface area contributed by atoms with Crippen molar-refractivity contribution in [3.05, 3.63) is 92.4 Å². The van der Waals surface area contributed by atoms with E-state index in [9.17, 15) is 15.2 Å². The lowest BCUT2D eigenvalue weighted by Gasteiger charge is -2.20. The topological polar surface area (TPSA) is 88.3 Å². The Morgan fingerprint density at radius 2 is 1.82 bits per heavy atom. The molecule has 1 unspecified atom stereocenters. The summed E-state index contributed by atoms with van der Waals surface area (Å²) in [7, 11) is 0. The Hall–Kier alpha value is -2.97. The van der Waals surface area contributed by atoms with Crippen LogP contribution in [0.1, 0.15) is 17.2 Å². The van der Waals surface area contributed by atoms with Gasteiger partial charge in [0.2, 0.25) is 0 Å². The van der Waals surface area contributed by atoms with Crippen LogP contribution in [0.15, 0.2) is 71.2 Å². The fourth-order valence-corrected chi connectivity index (χ4v) is 4.14. The molecule has 8 heteroatoms. The average Bonchev–Trinajstić information content (AvgIpc) is 3.10. The largest absolute Gasteiger partial charge is 0.502 e. The molecule has 0 bridgehead atoms. The second kappa shape index (κ2) is 7.57. The molecule has 0 spiro atoms. The number of hydrogen-bond donors (Lipinski definition) is 2. The zero-order valence-corrected chi connectivity index (χ0v) is 16.8. The van der Waals surface area contributed by atoms with E-state index in [1.807, 2.05) is 48.5 Å². The van der Waals surface area contributed by atoms with Crippen molar-refractivity contribution >= 4 is 48.3 Å². The molecule has 1 atom stereocenters. The molecule has 1 heterocycles. The maximum atomic E-state index is 11.3. The fourth-order valence-electron chi connectivity index (χ4n) is 2.98. The second-order valence-electron chi connectivity index (χ2n) is 6.09. The summed E-state index contributed by atoms with van der Waals surface area (Å²) < 4.78 is 1.95. The van der Waals surface area contributed by atoms with Crippen LogP contribution in [0.4, 0.5) is 10.8 Å². The number of rotatable bonds is 5. The highest BCUT2D eigenvalue weighted by Gasteiger charge is 2.24. The Kier molecular flexibility index (Phi) is 4.97. The van der Waals surface area contributed by atoms with E-state index in [0.717, 1.165) is 20.3 Å². The summed E-state index contributed by atoms with van der Waals surface area (Å²) in [5.74, 6) is -0.353. The molecule has 0 amide bonds. The van der Waals surface area contributed by atoms with Gasteiger partial charge in [0.05, 0.1) is 21.2 Å². The van der Waals surface area contributed by atoms with Gasteiger partial charge >= 0.3 is 5.69 Å². The van der Waals surface area contributed by atoms with Gasteiger partial charge in [0, 0.05) is 16.1 Å². The van der Waals surface area contributed by atoms with Crippen LogP contribution in [-0.4, -0.2) is 15.0 Å². The van der Waals surface area contributed by atoms with Crippen molar-refractivity contribution in [2.24, 2.45) is 0 Å². The Morgan fingerprint density at radius 1 is 1.07 bits per heavy atom. The number of fused-ring (bicyclic) bond motifs is 1. The van der Waals surface area contributed by atoms with E-state index in [-0.39, 0.29) is 11.4 Å². The Labute approximate surface area is 172 Å². The fraction of sp³-hybridized carbons (Fsp3) is 0.0500. The van der Waals surface area contributed by atoms with Crippen LogP contribution in [-0.2, 0) is 0 Å². The molecular formula is C20H14BrN3O3S. The van der Waals surface area contributed by atoms with Crippen molar-refractivity contribution in [2.75, 3.05) is 5.32 Å². The molecule has 1 aromatic heterocycles. The minimum Gasteiger partial charge on any atom is -0.502 e. The first-order valence-electron chi connectivity index (χ1n) is 8.37. The number of hydrogen-bond acceptors (Lipinski definition) is 6. The Balaban J connectivity index is 1.81. The van der Waals surface area contributed by atoms with Gasteiger partial charge in [0.15, 0.2) is 10.9 Å². The molecule has 4 rings (SSSR count). The predicted octanol–water partition coefficient (Wildman–Crippen LogP) is 5.87. The summed E-state index contributed by atoms with van der Waals surface area (Å²) >= 11 is 4.90. The number of phenols is 1. The molecule has 6 nitrogen and oxygen atoms in total. The maximum absolute atomic E-state index is 11.3. The summed E-state index contributed by atoms with van der Waals surface area (Å²) in [4.78, 5) is 15.3. The standard InChI is InChI=1S/C20H14BrN3O3S/c21-13-10-8-12(9-11-13)18(14-4-3-6-16(19(14)25)24(26)27)23-20-22-15-5-1-2-7-17(15)28-20/h1-11,18,25H,(H,22,23). The average molecular weight is 456 g/mol. The van der Waals surface area contributed by atoms with Gasteiger partial charge in [-0.05, 0) is 29.8 Å². The van der Waals surface area contributed by atoms with Gasteiger partial charge in [-0.1, -0.05) is 63.7 Å². The van der Waals surface area contributed by atoms with Gasteiger partial charge < -0.3 is 10.4 Å². The molecule has 0 saturated carbocycles. The van der Waals surface area contributed by atoms with Crippen molar-refractivity contribution in [1.82, 2.24) is 4.98 Å². The van der Waals surface area contributed by atoms with E-state index in [0.29, 0.717) is 10.7 Å². The predicted molar refractivity (Wildman–Crippen MR) is 114 cm³/mol. The van der Waals surface area contributed by atoms with Crippen LogP contribution < -0.4 is 5.32 Å². The molecule has 0 radical (unpaired) electrons. The SMILES string of the molecule is O=[N+]([O-])c1cccc(C(Nc2nc3ccccc3s2)c2ccc(Br)cc2)c1O. The quantitative estimate of drug-likeness (QED) is 0.290. The second-order valence-corrected chi connectivity index (χ2v) is 8.03. The normalized spacial score (nSPS) is 12.0. The third kappa shape index (κ3) is 3.56. The van der Waals surface area contributed by atoms with Gasteiger partial charge in [-0.3, -0.25) is 10.1 Å². The monoisotopic (exact) mass is 455 g/mol. The number of anilines is 1. The lowest BCUT2D eigenvalue weighted by atomic mass is 9.97. The van der Waals surface area contributed by atoms with Crippen molar-refractivity contribution in [3.63, 3.8) is 0 Å². The van der Waals surface area contributed by atoms with E-state index >= 15 is 0 Å². The molecule has 0 fully saturated rings. The molecule has 0 aliphatic carbocycles. The minimum absolute atomic E-state index is 0.328. The zero-order valence-electron chi connectivity index (χ0n) is 14.4. The first-order valence-corrected chi connectivity index (χ1v) is 9.98. The summed E-state index contributed by atoms with van der Waals surface area (Å²) in [6.45, 7) is 0. The molecule has 28 heavy (non-hydrogen) atoms. The maximum Gasteiger partial charge on any atom is 0.311 e. The first-order chi connectivity index (χ1) is 13.5. The number of phenolic OH excluding ortho intramolecular Hbond substituents is 1. The highest BCUT2D eigenvalue weighted by Crippen LogP contribution is 2.39. The number of nitrogens with zero attached hydrogens (tertiary/aromatic N) is 2. The van der Waals surface area contributed by atoms with Crippen LogP contribution in [0.5, 0.6) is 5.75 Å². The molecule has 0 aliphatic rings. The number of aromatic nitrogens is 1. The number of para-hydroxylation sites is 2. The summed E-state index contributed by atoms with van der Waals surface area (Å²) in [5, 5.41) is 25.8. The van der Waals surface area contributed by atoms with E-state index in [1.165, 1.54) is 17.4 Å². The number of halogens is 1. The molecule has 4 aromatic rings. The third-order valence-electron chi connectivity index (χ3n) is 4.32. The molecular weight excluding hydrogens is 442 g/mol. The molecule has 0 aliphatic heterocycles. The minimum atomic E-state index is -0.588. The molecule has 0 saturated heterocycles. The lowest BCUT2D eigenvalue weighted by molar-refractivity contribution is -0.385. The molecule has 2 N–H and O–H groups in total. The molecule has 3 aromatic carbocycles. The number of aromatic hydroxyl groups is 1. The first kappa shape index (κ1) is 18.4. The van der Waals surface area contributed by atoms with Crippen molar-refractivity contribution < 1.29 is 10.0 Å². The molecule has 140 valence electrons. The van der Waals surface area contributed by atoms with Gasteiger partial charge in [-0.15, -0.1) is 0 Å². The van der Waals surface area contributed by atoms with Crippen LogP contribution >= 0.6 is 27.3 Å². The summed E-state index contributed by atoms with van der Waals surface area (Å²) in [6, 6.07) is 19.4. The highest BCUT2D eigenvalue weighted by molar-refractivity contribution is 9.10. The van der Waals surface area contributed by atoms with Crippen LogP contribution in [0.25, 0.3) is 10.2 Å². The van der Waals surface area contributed by atoms with E-state index < -0.39 is 11.0 Å². The smallest absolute Gasteiger partial charge is 0.311 e. The van der Waals surface area contributed by atoms with Crippen LogP contribution in [0, 0.1) is 10.1 Å². The van der Waals surface area contributed by atoms with E-state index in [2.05, 4.69) is 26.2 Å². The third-order valence-corrected chi connectivity index (χ3v) is 5.81. The Morgan fingerprint density at radius 3 is 2.54 bits per heavy atom. The Bertz CT molecular complexity index is 1130. The van der Waals surface area contributed by atoms with Crippen molar-refractivity contribution in [3.8, 4) is 5.75 Å². The van der Waals surface area contributed by atoms with Gasteiger partial charge in [-0.2, -0.15) is 0 Å². The number of nitro benzene ring substituents is 1. The number of nitrogens with one attached hydrogen (secondary N) is 1. The summed E-state index contributed by atoms with van der Waals surface area (Å²) in [6.07, 6.45) is 0. The summed E-state index contributed by atoms with van der Waals surface area (Å²) in [5.41, 5.74) is 1.80. The lowest BCUT2D eigenvalue weighted by Crippen LogP contribution is -2.13. The van der Waals surface area contributed by atoms with Gasteiger partial charge in [0.25, 0.3) is 0 Å². The number of thiazole rings is 1. The van der Waals surface area contributed by atoms with Crippen LogP contribution in [0.2, 0.25) is 0 Å². The zero-order chi connectivity index (χ0) is 19.7. The van der Waals surface area contributed by atoms with Gasteiger partial charge in [0.1, 0.15) is 0 Å².